The molecule has 15 nitrogen and oxygen atoms in total. The van der Waals surface area contributed by atoms with E-state index in [1.807, 2.05) is 0 Å². The molecule has 5 aromatic rings. The summed E-state index contributed by atoms with van der Waals surface area (Å²) in [7, 11) is 0. The van der Waals surface area contributed by atoms with Gasteiger partial charge < -0.3 is 37.9 Å². The van der Waals surface area contributed by atoms with Crippen molar-refractivity contribution in [2.45, 2.75) is 116 Å². The molecule has 0 bridgehead atoms. The van der Waals surface area contributed by atoms with Crippen LogP contribution in [0.4, 0.5) is 4.39 Å². The van der Waals surface area contributed by atoms with Gasteiger partial charge in [0.15, 0.2) is 11.6 Å². The van der Waals surface area contributed by atoms with E-state index < -0.39 is 46.8 Å². The van der Waals surface area contributed by atoms with Gasteiger partial charge >= 0.3 is 35.8 Å². The van der Waals surface area contributed by atoms with E-state index in [1.54, 1.807) is 54.6 Å². The quantitative estimate of drug-likeness (QED) is 0.0159. The molecule has 0 aromatic heterocycles. The first-order valence-corrected chi connectivity index (χ1v) is 26.8. The lowest BCUT2D eigenvalue weighted by Gasteiger charge is -2.13. The molecule has 0 saturated carbocycles. The third-order valence-electron chi connectivity index (χ3n) is 12.3. The lowest BCUT2D eigenvalue weighted by molar-refractivity contribution is -0.138. The van der Waals surface area contributed by atoms with E-state index in [1.165, 1.54) is 60.7 Å². The number of hydrogen-bond acceptors (Lipinski definition) is 15. The molecular formula is C63H68FNO14. The smallest absolute Gasteiger partial charge is 0.343 e. The highest BCUT2D eigenvalue weighted by Gasteiger charge is 2.24. The Morgan fingerprint density at radius 2 is 0.696 bits per heavy atom. The van der Waals surface area contributed by atoms with Crippen molar-refractivity contribution in [1.82, 2.24) is 0 Å². The predicted molar refractivity (Wildman–Crippen MR) is 293 cm³/mol. The van der Waals surface area contributed by atoms with Gasteiger partial charge in [-0.1, -0.05) is 103 Å². The molecule has 0 aliphatic carbocycles. The molecule has 0 heterocycles. The maximum absolute atomic E-state index is 15.5. The van der Waals surface area contributed by atoms with Crippen LogP contribution >= 0.6 is 0 Å². The molecular weight excluding hydrogens is 1010 g/mol. The predicted octanol–water partition coefficient (Wildman–Crippen LogP) is 13.8. The normalized spacial score (nSPS) is 10.6. The second-order valence-electron chi connectivity index (χ2n) is 18.3. The SMILES string of the molecule is C=CC(=O)OCCCCCCCCCCCOc1ccc(C(=O)Oc2ccc(C(=O)Oc3ccc(C#N)c(F)c3OC(=O)c3ccc(OC(=O)c4ccc(OCCCCCCCCCCCOC(=O)C=C)cc4)cc3)cc2)cc1. The van der Waals surface area contributed by atoms with Gasteiger partial charge in [0, 0.05) is 12.2 Å². The van der Waals surface area contributed by atoms with Crippen LogP contribution in [-0.4, -0.2) is 62.2 Å². The lowest BCUT2D eigenvalue weighted by Crippen LogP contribution is -2.14. The monoisotopic (exact) mass is 1080 g/mol. The first-order valence-electron chi connectivity index (χ1n) is 26.8. The fourth-order valence-electron chi connectivity index (χ4n) is 7.86. The maximum Gasteiger partial charge on any atom is 0.343 e. The Kier molecular flexibility index (Phi) is 27.1. The Hall–Kier alpha value is -8.58. The number of hydrogen-bond donors (Lipinski definition) is 0. The highest BCUT2D eigenvalue weighted by molar-refractivity contribution is 5.95. The largest absolute Gasteiger partial charge is 0.494 e. The average Bonchev–Trinajstić information content (AvgIpc) is 3.47. The van der Waals surface area contributed by atoms with Crippen LogP contribution in [0, 0.1) is 17.1 Å². The molecule has 0 fully saturated rings. The van der Waals surface area contributed by atoms with Gasteiger partial charge in [0.2, 0.25) is 5.75 Å². The average molecular weight is 1080 g/mol. The standard InChI is InChI=1S/C63H68FNO14/c1-3-56(66)74-43-21-17-13-9-5-7-11-15-19-41-72-51-32-23-46(24-33-51)60(68)76-53-36-27-48(28-37-53)62(70)78-55-40-31-50(45-65)58(64)59(55)79-63(71)49-29-38-54(39-30-49)77-61(69)47-25-34-52(35-26-47)73-42-20-16-12-8-6-10-14-18-22-44-75-57(67)4-2/h3-4,23-40H,1-2,5-22,41-44H2. The molecule has 0 saturated heterocycles. The third kappa shape index (κ3) is 22.5. The summed E-state index contributed by atoms with van der Waals surface area (Å²) in [5.41, 5.74) is -0.0259. The minimum Gasteiger partial charge on any atom is -0.494 e. The molecule has 416 valence electrons. The van der Waals surface area contributed by atoms with E-state index in [0.717, 1.165) is 128 Å². The topological polar surface area (TPSA) is 200 Å². The molecule has 0 radical (unpaired) electrons. The molecule has 0 N–H and O–H groups in total. The molecule has 0 aliphatic rings. The molecule has 0 spiro atoms. The summed E-state index contributed by atoms with van der Waals surface area (Å²) < 4.78 is 58.9. The van der Waals surface area contributed by atoms with E-state index in [-0.39, 0.29) is 45.7 Å². The van der Waals surface area contributed by atoms with Crippen molar-refractivity contribution in [2.24, 2.45) is 0 Å². The second kappa shape index (κ2) is 35.0. The Labute approximate surface area is 461 Å². The van der Waals surface area contributed by atoms with Gasteiger partial charge in [0.25, 0.3) is 0 Å². The van der Waals surface area contributed by atoms with Crippen molar-refractivity contribution in [3.05, 3.63) is 168 Å². The number of nitrogens with zero attached hydrogens (tertiary/aromatic N) is 1. The van der Waals surface area contributed by atoms with Crippen molar-refractivity contribution in [3.8, 4) is 40.6 Å². The zero-order chi connectivity index (χ0) is 56.5. The van der Waals surface area contributed by atoms with E-state index in [2.05, 4.69) is 13.2 Å². The zero-order valence-corrected chi connectivity index (χ0v) is 44.6. The maximum atomic E-state index is 15.5. The molecule has 16 heteroatoms. The lowest BCUT2D eigenvalue weighted by atomic mass is 10.1. The first kappa shape index (κ1) is 61.3. The molecule has 0 amide bonds. The number of benzene rings is 5. The second-order valence-corrected chi connectivity index (χ2v) is 18.3. The Morgan fingerprint density at radius 3 is 1.04 bits per heavy atom. The van der Waals surface area contributed by atoms with Gasteiger partial charge in [0.05, 0.1) is 54.2 Å². The number of rotatable bonds is 36. The van der Waals surface area contributed by atoms with Gasteiger partial charge in [-0.05, 0) is 135 Å². The first-order chi connectivity index (χ1) is 38.5. The number of unbranched alkanes of at least 4 members (excludes halogenated alkanes) is 16. The number of carbonyl (C=O) groups is 6. The molecule has 5 aromatic carbocycles. The van der Waals surface area contributed by atoms with Gasteiger partial charge in [-0.3, -0.25) is 0 Å². The van der Waals surface area contributed by atoms with Crippen LogP contribution in [0.5, 0.6) is 34.5 Å². The van der Waals surface area contributed by atoms with Crippen molar-refractivity contribution in [3.63, 3.8) is 0 Å². The van der Waals surface area contributed by atoms with Gasteiger partial charge in [-0.25, -0.2) is 33.2 Å². The van der Waals surface area contributed by atoms with Gasteiger partial charge in [-0.2, -0.15) is 5.26 Å². The Morgan fingerprint density at radius 1 is 0.392 bits per heavy atom. The van der Waals surface area contributed by atoms with Crippen molar-refractivity contribution >= 4 is 35.8 Å². The molecule has 0 unspecified atom stereocenters. The van der Waals surface area contributed by atoms with Crippen molar-refractivity contribution in [1.29, 1.82) is 5.26 Å². The minimum atomic E-state index is -1.24. The number of halogens is 1. The third-order valence-corrected chi connectivity index (χ3v) is 12.3. The van der Waals surface area contributed by atoms with Gasteiger partial charge in [-0.15, -0.1) is 0 Å². The summed E-state index contributed by atoms with van der Waals surface area (Å²) in [4.78, 5) is 74.4. The van der Waals surface area contributed by atoms with Crippen molar-refractivity contribution in [2.75, 3.05) is 26.4 Å². The highest BCUT2D eigenvalue weighted by Crippen LogP contribution is 2.34. The minimum absolute atomic E-state index is 0.0179. The Bertz CT molecular complexity index is 2800. The van der Waals surface area contributed by atoms with Crippen LogP contribution < -0.4 is 28.4 Å². The number of nitriles is 1. The van der Waals surface area contributed by atoms with Crippen LogP contribution in [0.1, 0.15) is 163 Å². The molecule has 5 rings (SSSR count). The summed E-state index contributed by atoms with van der Waals surface area (Å²) in [5.74, 6) is -5.14. The molecule has 0 aliphatic heterocycles. The van der Waals surface area contributed by atoms with Gasteiger partial charge in [0.1, 0.15) is 29.1 Å². The van der Waals surface area contributed by atoms with Crippen LogP contribution in [0.3, 0.4) is 0 Å². The van der Waals surface area contributed by atoms with E-state index in [9.17, 15) is 34.0 Å². The van der Waals surface area contributed by atoms with E-state index in [4.69, 9.17) is 37.9 Å². The Balaban J connectivity index is 0.997. The zero-order valence-electron chi connectivity index (χ0n) is 44.6. The van der Waals surface area contributed by atoms with Crippen molar-refractivity contribution < 1.29 is 71.1 Å². The van der Waals surface area contributed by atoms with E-state index >= 15 is 4.39 Å². The van der Waals surface area contributed by atoms with Crippen LogP contribution in [0.25, 0.3) is 0 Å². The fourth-order valence-corrected chi connectivity index (χ4v) is 7.86. The molecule has 79 heavy (non-hydrogen) atoms. The van der Waals surface area contributed by atoms with Crippen LogP contribution in [-0.2, 0) is 19.1 Å². The number of carbonyl (C=O) groups excluding carboxylic acids is 6. The summed E-state index contributed by atoms with van der Waals surface area (Å²) in [5, 5.41) is 9.49. The van der Waals surface area contributed by atoms with Crippen LogP contribution in [0.15, 0.2) is 135 Å². The highest BCUT2D eigenvalue weighted by atomic mass is 19.1. The number of ether oxygens (including phenoxy) is 8. The summed E-state index contributed by atoms with van der Waals surface area (Å²) in [6.45, 7) is 8.73. The number of esters is 6. The summed E-state index contributed by atoms with van der Waals surface area (Å²) in [6.07, 6.45) is 21.4. The fraction of sp³-hybridized carbons (Fsp3) is 0.349. The summed E-state index contributed by atoms with van der Waals surface area (Å²) in [6, 6.07) is 27.6. The summed E-state index contributed by atoms with van der Waals surface area (Å²) >= 11 is 0. The van der Waals surface area contributed by atoms with Crippen LogP contribution in [0.2, 0.25) is 0 Å². The van der Waals surface area contributed by atoms with E-state index in [0.29, 0.717) is 37.9 Å². The molecule has 0 atom stereocenters.